The van der Waals surface area contributed by atoms with Crippen molar-refractivity contribution in [3.8, 4) is 6.07 Å². The van der Waals surface area contributed by atoms with E-state index >= 15 is 0 Å². The fourth-order valence-corrected chi connectivity index (χ4v) is 1.92. The Balaban J connectivity index is 2.43. The summed E-state index contributed by atoms with van der Waals surface area (Å²) in [6.45, 7) is 0. The van der Waals surface area contributed by atoms with Gasteiger partial charge in [-0.05, 0) is 30.4 Å². The number of nitrogens with zero attached hydrogens (tertiary/aromatic N) is 1. The summed E-state index contributed by atoms with van der Waals surface area (Å²) < 4.78 is 0. The number of Topliss-reactive ketones (excluding diaryl/α,β-unsaturated/α-hetero) is 1. The summed E-state index contributed by atoms with van der Waals surface area (Å²) in [6, 6.07) is 9.32. The summed E-state index contributed by atoms with van der Waals surface area (Å²) in [4.78, 5) is 12.1. The number of carbonyl (C=O) groups excluding carboxylic acids is 1. The van der Waals surface area contributed by atoms with Crippen molar-refractivity contribution in [2.24, 2.45) is 0 Å². The van der Waals surface area contributed by atoms with Crippen molar-refractivity contribution in [2.45, 2.75) is 12.8 Å². The van der Waals surface area contributed by atoms with E-state index in [4.69, 9.17) is 10.7 Å². The van der Waals surface area contributed by atoms with E-state index in [0.29, 0.717) is 17.6 Å². The van der Waals surface area contributed by atoms with Gasteiger partial charge in [-0.25, -0.2) is 0 Å². The number of rotatable bonds is 1. The molecular formula is C14H10N2O. The molecule has 0 spiro atoms. The highest BCUT2D eigenvalue weighted by molar-refractivity contribution is 6.11. The average Bonchev–Trinajstić information content (AvgIpc) is 2.38. The van der Waals surface area contributed by atoms with Gasteiger partial charge in [0.1, 0.15) is 11.6 Å². The minimum atomic E-state index is -0.0464. The van der Waals surface area contributed by atoms with E-state index in [0.717, 1.165) is 12.0 Å². The van der Waals surface area contributed by atoms with Crippen LogP contribution in [0.1, 0.15) is 22.3 Å². The minimum absolute atomic E-state index is 0.0464. The zero-order chi connectivity index (χ0) is 12.3. The van der Waals surface area contributed by atoms with Gasteiger partial charge in [-0.3, -0.25) is 10.2 Å². The van der Waals surface area contributed by atoms with Gasteiger partial charge in [0.2, 0.25) is 0 Å². The van der Waals surface area contributed by atoms with Crippen molar-refractivity contribution in [1.82, 2.24) is 0 Å². The molecule has 0 unspecified atom stereocenters. The van der Waals surface area contributed by atoms with Gasteiger partial charge in [-0.1, -0.05) is 24.3 Å². The lowest BCUT2D eigenvalue weighted by Gasteiger charge is -2.16. The number of fused-ring (bicyclic) bond motifs is 1. The fourth-order valence-electron chi connectivity index (χ4n) is 1.92. The fraction of sp³-hybridized carbons (Fsp3) is 0.143. The van der Waals surface area contributed by atoms with Crippen LogP contribution in [0.15, 0.2) is 41.5 Å². The van der Waals surface area contributed by atoms with E-state index in [2.05, 4.69) is 0 Å². The van der Waals surface area contributed by atoms with Crippen molar-refractivity contribution in [2.75, 3.05) is 0 Å². The normalized spacial score (nSPS) is 15.9. The molecule has 0 atom stereocenters. The van der Waals surface area contributed by atoms with Crippen LogP contribution in [0.4, 0.5) is 0 Å². The molecule has 0 saturated heterocycles. The summed E-state index contributed by atoms with van der Waals surface area (Å²) in [7, 11) is 0. The highest BCUT2D eigenvalue weighted by atomic mass is 16.1. The zero-order valence-corrected chi connectivity index (χ0v) is 9.16. The lowest BCUT2D eigenvalue weighted by Crippen LogP contribution is -2.14. The number of nitriles is 1. The predicted molar refractivity (Wildman–Crippen MR) is 64.0 cm³/mol. The quantitative estimate of drug-likeness (QED) is 0.450. The Kier molecular flexibility index (Phi) is 3.00. The smallest absolute Gasteiger partial charge is 0.189 e. The van der Waals surface area contributed by atoms with Gasteiger partial charge in [0.15, 0.2) is 5.78 Å². The van der Waals surface area contributed by atoms with Crippen LogP contribution < -0.4 is 0 Å². The lowest BCUT2D eigenvalue weighted by molar-refractivity contribution is 0.102. The van der Waals surface area contributed by atoms with Crippen LogP contribution in [0.5, 0.6) is 0 Å². The van der Waals surface area contributed by atoms with Gasteiger partial charge in [-0.15, -0.1) is 0 Å². The standard InChI is InChI=1S/C14H10N2O/c15-8-10(9-16)7-12-6-5-11-3-1-2-4-13(11)14(12)17/h1-4,7,15H,5-6H2/b12-7-. The molecular weight excluding hydrogens is 212 g/mol. The first kappa shape index (κ1) is 11.1. The lowest BCUT2D eigenvalue weighted by atomic mass is 9.86. The number of allylic oxidation sites excluding steroid dienone is 3. The van der Waals surface area contributed by atoms with E-state index in [1.54, 1.807) is 6.07 Å². The van der Waals surface area contributed by atoms with Crippen molar-refractivity contribution in [3.05, 3.63) is 52.6 Å². The molecule has 1 aromatic carbocycles. The molecule has 1 aliphatic carbocycles. The first-order chi connectivity index (χ1) is 8.26. The molecule has 0 bridgehead atoms. The van der Waals surface area contributed by atoms with E-state index in [9.17, 15) is 4.79 Å². The molecule has 1 aliphatic rings. The second kappa shape index (κ2) is 4.61. The molecule has 0 heterocycles. The van der Waals surface area contributed by atoms with E-state index in [1.807, 2.05) is 30.1 Å². The molecule has 0 aromatic heterocycles. The molecule has 82 valence electrons. The van der Waals surface area contributed by atoms with E-state index < -0.39 is 0 Å². The third kappa shape index (κ3) is 2.08. The van der Waals surface area contributed by atoms with Gasteiger partial charge in [0.05, 0.1) is 0 Å². The van der Waals surface area contributed by atoms with Crippen LogP contribution in [0.2, 0.25) is 0 Å². The summed E-state index contributed by atoms with van der Waals surface area (Å²) in [6.07, 6.45) is 2.87. The molecule has 1 aromatic rings. The summed E-state index contributed by atoms with van der Waals surface area (Å²) in [5.41, 5.74) is 2.42. The Morgan fingerprint density at radius 1 is 1.35 bits per heavy atom. The Hall–Kier alpha value is -2.43. The number of aryl methyl sites for hydroxylation is 1. The third-order valence-electron chi connectivity index (χ3n) is 2.79. The third-order valence-corrected chi connectivity index (χ3v) is 2.79. The topological polar surface area (TPSA) is 64.7 Å². The van der Waals surface area contributed by atoms with Gasteiger partial charge >= 0.3 is 0 Å². The minimum Gasteiger partial charge on any atom is -0.289 e. The molecule has 0 fully saturated rings. The van der Waals surface area contributed by atoms with Crippen LogP contribution in [-0.4, -0.2) is 11.7 Å². The maximum Gasteiger partial charge on any atom is 0.189 e. The van der Waals surface area contributed by atoms with E-state index in [-0.39, 0.29) is 11.4 Å². The zero-order valence-electron chi connectivity index (χ0n) is 9.16. The molecule has 17 heavy (non-hydrogen) atoms. The molecule has 0 radical (unpaired) electrons. The summed E-state index contributed by atoms with van der Waals surface area (Å²) >= 11 is 0. The van der Waals surface area contributed by atoms with Crippen molar-refractivity contribution < 1.29 is 4.79 Å². The van der Waals surface area contributed by atoms with Crippen LogP contribution in [0.25, 0.3) is 0 Å². The van der Waals surface area contributed by atoms with Crippen molar-refractivity contribution in [1.29, 1.82) is 10.7 Å². The van der Waals surface area contributed by atoms with Crippen LogP contribution in [-0.2, 0) is 6.42 Å². The number of hydrogen-bond acceptors (Lipinski definition) is 3. The van der Waals surface area contributed by atoms with Crippen LogP contribution >= 0.6 is 0 Å². The highest BCUT2D eigenvalue weighted by Crippen LogP contribution is 2.25. The molecule has 3 heteroatoms. The Bertz CT molecular complexity index is 599. The number of hydrogen-bond donors (Lipinski definition) is 1. The van der Waals surface area contributed by atoms with Gasteiger partial charge in [0.25, 0.3) is 0 Å². The molecule has 0 saturated carbocycles. The van der Waals surface area contributed by atoms with Crippen molar-refractivity contribution in [3.63, 3.8) is 0 Å². The second-order valence-electron chi connectivity index (χ2n) is 3.81. The molecule has 2 rings (SSSR count). The summed E-state index contributed by atoms with van der Waals surface area (Å²) in [5, 5.41) is 15.6. The summed E-state index contributed by atoms with van der Waals surface area (Å²) in [5.74, 6) is 1.97. The molecule has 0 amide bonds. The number of nitrogens with one attached hydrogen (secondary N) is 1. The highest BCUT2D eigenvalue weighted by Gasteiger charge is 2.21. The number of carbonyl (C=O) groups is 1. The number of ketones is 1. The first-order valence-corrected chi connectivity index (χ1v) is 5.29. The molecule has 1 N–H and O–H groups in total. The molecule has 3 nitrogen and oxygen atoms in total. The largest absolute Gasteiger partial charge is 0.289 e. The SMILES string of the molecule is N#CC(=C=N)/C=C1/CCc2ccccc2C1=O. The molecule has 0 aliphatic heterocycles. The Labute approximate surface area is 99.2 Å². The Morgan fingerprint density at radius 3 is 2.82 bits per heavy atom. The van der Waals surface area contributed by atoms with Crippen LogP contribution in [0, 0.1) is 16.7 Å². The van der Waals surface area contributed by atoms with Crippen LogP contribution in [0.3, 0.4) is 0 Å². The van der Waals surface area contributed by atoms with Gasteiger partial charge in [0, 0.05) is 11.1 Å². The van der Waals surface area contributed by atoms with Gasteiger partial charge < -0.3 is 0 Å². The first-order valence-electron chi connectivity index (χ1n) is 5.29. The Morgan fingerprint density at radius 2 is 2.12 bits per heavy atom. The maximum absolute atomic E-state index is 12.1. The monoisotopic (exact) mass is 222 g/mol. The predicted octanol–water partition coefficient (Wildman–Crippen LogP) is 2.44. The van der Waals surface area contributed by atoms with E-state index in [1.165, 1.54) is 6.08 Å². The van der Waals surface area contributed by atoms with Crippen molar-refractivity contribution >= 4 is 11.7 Å². The number of benzene rings is 1. The average molecular weight is 222 g/mol. The van der Waals surface area contributed by atoms with Gasteiger partial charge in [-0.2, -0.15) is 5.26 Å². The second-order valence-corrected chi connectivity index (χ2v) is 3.81. The maximum atomic E-state index is 12.1.